The van der Waals surface area contributed by atoms with Crippen molar-refractivity contribution in [3.05, 3.63) is 35.4 Å². The summed E-state index contributed by atoms with van der Waals surface area (Å²) < 4.78 is 38.0. The molecule has 172 valence electrons. The number of Topliss-reactive ketones (excluding diaryl/α,β-unsaturated/α-hetero) is 1. The van der Waals surface area contributed by atoms with E-state index >= 15 is 0 Å². The van der Waals surface area contributed by atoms with Crippen molar-refractivity contribution >= 4 is 11.8 Å². The lowest BCUT2D eigenvalue weighted by Crippen LogP contribution is -2.23. The van der Waals surface area contributed by atoms with Crippen molar-refractivity contribution in [3.63, 3.8) is 0 Å². The lowest BCUT2D eigenvalue weighted by atomic mass is 9.93. The largest absolute Gasteiger partial charge is 0.493 e. The van der Waals surface area contributed by atoms with Crippen LogP contribution in [0.4, 0.5) is 0 Å². The highest BCUT2D eigenvalue weighted by Gasteiger charge is 2.31. The zero-order chi connectivity index (χ0) is 23.4. The monoisotopic (exact) mass is 446 g/mol. The summed E-state index contributed by atoms with van der Waals surface area (Å²) in [5.74, 6) is 0.830. The molecule has 3 rings (SSSR count). The first-order valence-corrected chi connectivity index (χ1v) is 9.83. The Labute approximate surface area is 186 Å². The maximum Gasteiger partial charge on any atom is 0.339 e. The van der Waals surface area contributed by atoms with Crippen LogP contribution in [0.15, 0.2) is 24.3 Å². The molecule has 0 aliphatic carbocycles. The highest BCUT2D eigenvalue weighted by atomic mass is 16.7. The fourth-order valence-corrected chi connectivity index (χ4v) is 3.37. The Balaban J connectivity index is 2.01. The zero-order valence-corrected chi connectivity index (χ0v) is 18.8. The van der Waals surface area contributed by atoms with Crippen molar-refractivity contribution in [1.82, 2.24) is 0 Å². The number of ether oxygens (including phenoxy) is 7. The second kappa shape index (κ2) is 9.67. The van der Waals surface area contributed by atoms with Gasteiger partial charge in [-0.1, -0.05) is 6.92 Å². The van der Waals surface area contributed by atoms with Gasteiger partial charge in [0.05, 0.1) is 39.9 Å². The summed E-state index contributed by atoms with van der Waals surface area (Å²) in [5.41, 5.74) is 0.711. The first kappa shape index (κ1) is 23.1. The smallest absolute Gasteiger partial charge is 0.339 e. The Kier molecular flexibility index (Phi) is 6.97. The van der Waals surface area contributed by atoms with Gasteiger partial charge in [0, 0.05) is 5.56 Å². The number of fused-ring (bicyclic) bond motifs is 1. The summed E-state index contributed by atoms with van der Waals surface area (Å²) >= 11 is 0. The standard InChI is InChI=1S/C23H26O9/c1-12(13(2)24)20(14-7-16(26-3)21(29-6)17(8-14)27-4)32-23(25)15-9-18(28-5)22-19(10-15)30-11-31-22/h7-10,12,20H,11H2,1-6H3/t12-,20+/m0/s1. The number of carbonyl (C=O) groups is 2. The van der Waals surface area contributed by atoms with E-state index in [1.165, 1.54) is 47.5 Å². The molecular formula is C23H26O9. The van der Waals surface area contributed by atoms with Crippen LogP contribution in [-0.2, 0) is 9.53 Å². The molecule has 0 aromatic heterocycles. The minimum absolute atomic E-state index is 0.0274. The van der Waals surface area contributed by atoms with Crippen LogP contribution in [0.5, 0.6) is 34.5 Å². The number of methoxy groups -OCH3 is 4. The Hall–Kier alpha value is -3.62. The molecule has 0 radical (unpaired) electrons. The minimum atomic E-state index is -0.912. The van der Waals surface area contributed by atoms with E-state index in [0.717, 1.165) is 0 Å². The SMILES string of the molecule is COc1cc([C@H](OC(=O)c2cc(OC)c3c(c2)OCO3)[C@@H](C)C(C)=O)cc(OC)c1OC. The Morgan fingerprint density at radius 1 is 0.875 bits per heavy atom. The maximum atomic E-state index is 13.1. The molecule has 9 nitrogen and oxygen atoms in total. The molecule has 2 aromatic carbocycles. The van der Waals surface area contributed by atoms with E-state index in [4.69, 9.17) is 33.2 Å². The molecule has 0 amide bonds. The summed E-state index contributed by atoms with van der Waals surface area (Å²) in [7, 11) is 5.91. The van der Waals surface area contributed by atoms with Crippen molar-refractivity contribution in [3.8, 4) is 34.5 Å². The van der Waals surface area contributed by atoms with Crippen LogP contribution >= 0.6 is 0 Å². The number of benzene rings is 2. The number of esters is 1. The molecule has 1 aliphatic heterocycles. The number of hydrogen-bond donors (Lipinski definition) is 0. The third-order valence-electron chi connectivity index (χ3n) is 5.24. The summed E-state index contributed by atoms with van der Waals surface area (Å²) in [6.07, 6.45) is -0.912. The molecule has 1 heterocycles. The molecule has 0 saturated carbocycles. The van der Waals surface area contributed by atoms with Crippen molar-refractivity contribution in [2.24, 2.45) is 5.92 Å². The van der Waals surface area contributed by atoms with Gasteiger partial charge in [-0.15, -0.1) is 0 Å². The third-order valence-corrected chi connectivity index (χ3v) is 5.24. The lowest BCUT2D eigenvalue weighted by molar-refractivity contribution is -0.123. The summed E-state index contributed by atoms with van der Waals surface area (Å²) in [5, 5.41) is 0. The van der Waals surface area contributed by atoms with E-state index in [1.807, 2.05) is 0 Å². The molecule has 0 spiro atoms. The predicted octanol–water partition coefficient (Wildman–Crippen LogP) is 3.57. The van der Waals surface area contributed by atoms with Crippen LogP contribution < -0.4 is 28.4 Å². The van der Waals surface area contributed by atoms with Gasteiger partial charge in [0.2, 0.25) is 18.3 Å². The molecule has 2 aromatic rings. The van der Waals surface area contributed by atoms with Crippen LogP contribution in [-0.4, -0.2) is 47.0 Å². The quantitative estimate of drug-likeness (QED) is 0.535. The van der Waals surface area contributed by atoms with Crippen LogP contribution in [0.3, 0.4) is 0 Å². The molecule has 0 bridgehead atoms. The molecule has 2 atom stereocenters. The normalized spacial score (nSPS) is 13.7. The molecule has 9 heteroatoms. The Morgan fingerprint density at radius 2 is 1.50 bits per heavy atom. The average Bonchev–Trinajstić information content (AvgIpc) is 3.28. The van der Waals surface area contributed by atoms with Crippen LogP contribution in [0, 0.1) is 5.92 Å². The number of rotatable bonds is 9. The van der Waals surface area contributed by atoms with Gasteiger partial charge in [-0.25, -0.2) is 4.79 Å². The van der Waals surface area contributed by atoms with Crippen molar-refractivity contribution in [2.75, 3.05) is 35.2 Å². The van der Waals surface area contributed by atoms with Crippen molar-refractivity contribution in [2.45, 2.75) is 20.0 Å². The van der Waals surface area contributed by atoms with E-state index in [1.54, 1.807) is 19.1 Å². The molecule has 0 saturated heterocycles. The lowest BCUT2D eigenvalue weighted by Gasteiger charge is -2.25. The second-order valence-corrected chi connectivity index (χ2v) is 7.10. The fraction of sp³-hybridized carbons (Fsp3) is 0.391. The third kappa shape index (κ3) is 4.37. The van der Waals surface area contributed by atoms with Gasteiger partial charge in [0.15, 0.2) is 23.0 Å². The van der Waals surface area contributed by atoms with Gasteiger partial charge in [0.1, 0.15) is 11.9 Å². The molecule has 0 fully saturated rings. The molecule has 1 aliphatic rings. The Morgan fingerprint density at radius 3 is 2.03 bits per heavy atom. The van der Waals surface area contributed by atoms with Gasteiger partial charge in [0.25, 0.3) is 0 Å². The first-order valence-electron chi connectivity index (χ1n) is 9.83. The summed E-state index contributed by atoms with van der Waals surface area (Å²) in [6.45, 7) is 3.15. The minimum Gasteiger partial charge on any atom is -0.493 e. The van der Waals surface area contributed by atoms with E-state index < -0.39 is 18.0 Å². The molecular weight excluding hydrogens is 420 g/mol. The summed E-state index contributed by atoms with van der Waals surface area (Å²) in [6, 6.07) is 6.32. The average molecular weight is 446 g/mol. The van der Waals surface area contributed by atoms with E-state index in [9.17, 15) is 9.59 Å². The molecule has 32 heavy (non-hydrogen) atoms. The van der Waals surface area contributed by atoms with Gasteiger partial charge < -0.3 is 33.2 Å². The fourth-order valence-electron chi connectivity index (χ4n) is 3.37. The topological polar surface area (TPSA) is 98.8 Å². The van der Waals surface area contributed by atoms with E-state index in [0.29, 0.717) is 40.1 Å². The number of ketones is 1. The van der Waals surface area contributed by atoms with E-state index in [2.05, 4.69) is 0 Å². The zero-order valence-electron chi connectivity index (χ0n) is 18.8. The van der Waals surface area contributed by atoms with Crippen LogP contribution in [0.2, 0.25) is 0 Å². The maximum absolute atomic E-state index is 13.1. The van der Waals surface area contributed by atoms with Crippen LogP contribution in [0.1, 0.15) is 35.9 Å². The van der Waals surface area contributed by atoms with Crippen molar-refractivity contribution < 1.29 is 42.7 Å². The second-order valence-electron chi connectivity index (χ2n) is 7.10. The van der Waals surface area contributed by atoms with Gasteiger partial charge >= 0.3 is 5.97 Å². The Bertz CT molecular complexity index is 990. The predicted molar refractivity (Wildman–Crippen MR) is 113 cm³/mol. The number of hydrogen-bond acceptors (Lipinski definition) is 9. The van der Waals surface area contributed by atoms with Gasteiger partial charge in [-0.05, 0) is 31.2 Å². The van der Waals surface area contributed by atoms with Crippen LogP contribution in [0.25, 0.3) is 0 Å². The van der Waals surface area contributed by atoms with E-state index in [-0.39, 0.29) is 18.1 Å². The first-order chi connectivity index (χ1) is 15.3. The summed E-state index contributed by atoms with van der Waals surface area (Å²) in [4.78, 5) is 25.3. The highest BCUT2D eigenvalue weighted by molar-refractivity contribution is 5.92. The van der Waals surface area contributed by atoms with Gasteiger partial charge in [-0.3, -0.25) is 4.79 Å². The van der Waals surface area contributed by atoms with Gasteiger partial charge in [-0.2, -0.15) is 0 Å². The van der Waals surface area contributed by atoms with Crippen molar-refractivity contribution in [1.29, 1.82) is 0 Å². The molecule has 0 N–H and O–H groups in total. The highest BCUT2D eigenvalue weighted by Crippen LogP contribution is 2.44. The molecule has 0 unspecified atom stereocenters. The number of carbonyl (C=O) groups excluding carboxylic acids is 2.